The molecule has 0 aliphatic carbocycles. The number of carbonyl (C=O) groups is 2. The van der Waals surface area contributed by atoms with Crippen LogP contribution in [0, 0.1) is 0 Å². The minimum atomic E-state index is -1.14. The van der Waals surface area contributed by atoms with E-state index >= 15 is 0 Å². The number of carboxylic acid groups (broad SMARTS) is 1. The van der Waals surface area contributed by atoms with Crippen LogP contribution >= 0.6 is 11.6 Å². The Morgan fingerprint density at radius 3 is 2.79 bits per heavy atom. The number of hydrogen-bond donors (Lipinski definition) is 2. The summed E-state index contributed by atoms with van der Waals surface area (Å²) in [6, 6.07) is 3.03. The summed E-state index contributed by atoms with van der Waals surface area (Å²) >= 11 is 5.69. The van der Waals surface area contributed by atoms with Gasteiger partial charge in [-0.25, -0.2) is 4.79 Å². The number of nitrogens with zero attached hydrogens (tertiary/aromatic N) is 1. The molecule has 1 saturated heterocycles. The van der Waals surface area contributed by atoms with Crippen molar-refractivity contribution in [2.45, 2.75) is 6.04 Å². The van der Waals surface area contributed by atoms with Crippen molar-refractivity contribution in [3.05, 3.63) is 28.8 Å². The molecule has 1 heterocycles. The van der Waals surface area contributed by atoms with Crippen molar-refractivity contribution in [2.24, 2.45) is 0 Å². The van der Waals surface area contributed by atoms with Crippen LogP contribution in [-0.4, -0.2) is 52.8 Å². The average Bonchev–Trinajstić information content (AvgIpc) is 2.38. The zero-order valence-corrected chi connectivity index (χ0v) is 10.6. The van der Waals surface area contributed by atoms with Gasteiger partial charge < -0.3 is 19.8 Å². The standard InChI is InChI=1S/C12H12ClNO5/c13-7-1-2-8(10(15)5-7)11(16)14-3-4-19-6-9(14)12(17)18/h1-2,5,9,15H,3-4,6H2,(H,17,18). The van der Waals surface area contributed by atoms with E-state index in [-0.39, 0.29) is 31.1 Å². The predicted octanol–water partition coefficient (Wildman–Crippen LogP) is 0.971. The molecule has 6 nitrogen and oxygen atoms in total. The van der Waals surface area contributed by atoms with Crippen LogP contribution in [0.1, 0.15) is 10.4 Å². The summed E-state index contributed by atoms with van der Waals surface area (Å²) in [5, 5.41) is 19.1. The van der Waals surface area contributed by atoms with E-state index in [2.05, 4.69) is 0 Å². The quantitative estimate of drug-likeness (QED) is 0.845. The Balaban J connectivity index is 2.28. The SMILES string of the molecule is O=C(O)C1COCCN1C(=O)c1ccc(Cl)cc1O. The third-order valence-electron chi connectivity index (χ3n) is 2.86. The van der Waals surface area contributed by atoms with E-state index in [1.165, 1.54) is 23.1 Å². The van der Waals surface area contributed by atoms with Crippen LogP contribution < -0.4 is 0 Å². The summed E-state index contributed by atoms with van der Waals surface area (Å²) in [7, 11) is 0. The molecule has 1 aromatic rings. The molecule has 19 heavy (non-hydrogen) atoms. The molecular formula is C12H12ClNO5. The van der Waals surface area contributed by atoms with Gasteiger partial charge in [0.25, 0.3) is 5.91 Å². The maximum absolute atomic E-state index is 12.3. The number of ether oxygens (including phenoxy) is 1. The van der Waals surface area contributed by atoms with E-state index in [0.717, 1.165) is 0 Å². The molecule has 0 radical (unpaired) electrons. The molecule has 1 atom stereocenters. The largest absolute Gasteiger partial charge is 0.507 e. The fourth-order valence-corrected chi connectivity index (χ4v) is 2.06. The van der Waals surface area contributed by atoms with Crippen molar-refractivity contribution in [3.63, 3.8) is 0 Å². The van der Waals surface area contributed by atoms with Crippen LogP contribution in [0.25, 0.3) is 0 Å². The Labute approximate surface area is 114 Å². The maximum Gasteiger partial charge on any atom is 0.328 e. The van der Waals surface area contributed by atoms with Crippen molar-refractivity contribution in [1.82, 2.24) is 4.90 Å². The summed E-state index contributed by atoms with van der Waals surface area (Å²) in [6.07, 6.45) is 0. The number of carbonyl (C=O) groups excluding carboxylic acids is 1. The van der Waals surface area contributed by atoms with E-state index < -0.39 is 17.9 Å². The molecule has 1 aromatic carbocycles. The average molecular weight is 286 g/mol. The molecule has 0 aromatic heterocycles. The van der Waals surface area contributed by atoms with E-state index in [0.29, 0.717) is 5.02 Å². The minimum absolute atomic E-state index is 0.0255. The Hall–Kier alpha value is -1.79. The second kappa shape index (κ2) is 5.46. The molecule has 0 saturated carbocycles. The first-order chi connectivity index (χ1) is 9.00. The molecule has 1 amide bonds. The van der Waals surface area contributed by atoms with E-state index in [4.69, 9.17) is 21.4 Å². The Morgan fingerprint density at radius 1 is 1.42 bits per heavy atom. The van der Waals surface area contributed by atoms with Gasteiger partial charge in [0.15, 0.2) is 6.04 Å². The highest BCUT2D eigenvalue weighted by Crippen LogP contribution is 2.24. The first kappa shape index (κ1) is 13.6. The van der Waals surface area contributed by atoms with Crippen LogP contribution in [0.15, 0.2) is 18.2 Å². The van der Waals surface area contributed by atoms with Gasteiger partial charge in [-0.3, -0.25) is 4.79 Å². The summed E-state index contributed by atoms with van der Waals surface area (Å²) < 4.78 is 5.05. The first-order valence-electron chi connectivity index (χ1n) is 5.60. The van der Waals surface area contributed by atoms with Crippen LogP contribution in [0.4, 0.5) is 0 Å². The number of benzene rings is 1. The highest BCUT2D eigenvalue weighted by atomic mass is 35.5. The second-order valence-electron chi connectivity index (χ2n) is 4.09. The molecule has 0 spiro atoms. The lowest BCUT2D eigenvalue weighted by molar-refractivity contribution is -0.147. The molecule has 1 fully saturated rings. The molecule has 1 unspecified atom stereocenters. The zero-order chi connectivity index (χ0) is 14.0. The first-order valence-corrected chi connectivity index (χ1v) is 5.98. The lowest BCUT2D eigenvalue weighted by Gasteiger charge is -2.33. The summed E-state index contributed by atoms with van der Waals surface area (Å²) in [5.74, 6) is -1.96. The van der Waals surface area contributed by atoms with Crippen LogP contribution in [0.2, 0.25) is 5.02 Å². The number of hydrogen-bond acceptors (Lipinski definition) is 4. The number of morpholine rings is 1. The summed E-state index contributed by atoms with van der Waals surface area (Å²) in [6.45, 7) is 0.372. The molecule has 0 bridgehead atoms. The van der Waals surface area contributed by atoms with Crippen LogP contribution in [0.3, 0.4) is 0 Å². The van der Waals surface area contributed by atoms with Gasteiger partial charge in [0.2, 0.25) is 0 Å². The number of amides is 1. The van der Waals surface area contributed by atoms with Gasteiger partial charge in [0.1, 0.15) is 5.75 Å². The molecule has 1 aliphatic heterocycles. The highest BCUT2D eigenvalue weighted by molar-refractivity contribution is 6.30. The number of rotatable bonds is 2. The van der Waals surface area contributed by atoms with Gasteiger partial charge >= 0.3 is 5.97 Å². The van der Waals surface area contributed by atoms with Gasteiger partial charge in [-0.2, -0.15) is 0 Å². The fourth-order valence-electron chi connectivity index (χ4n) is 1.89. The van der Waals surface area contributed by atoms with Gasteiger partial charge in [-0.1, -0.05) is 11.6 Å². The number of carboxylic acids is 1. The molecule has 102 valence electrons. The van der Waals surface area contributed by atoms with Gasteiger partial charge in [0.05, 0.1) is 18.8 Å². The molecular weight excluding hydrogens is 274 g/mol. The van der Waals surface area contributed by atoms with Gasteiger partial charge in [-0.05, 0) is 18.2 Å². The molecule has 1 aliphatic rings. The Kier molecular flexibility index (Phi) is 3.92. The van der Waals surface area contributed by atoms with Crippen molar-refractivity contribution < 1.29 is 24.5 Å². The minimum Gasteiger partial charge on any atom is -0.507 e. The molecule has 2 rings (SSSR count). The third kappa shape index (κ3) is 2.80. The lowest BCUT2D eigenvalue weighted by atomic mass is 10.1. The van der Waals surface area contributed by atoms with Crippen LogP contribution in [0.5, 0.6) is 5.75 Å². The van der Waals surface area contributed by atoms with E-state index in [1.54, 1.807) is 0 Å². The topological polar surface area (TPSA) is 87.1 Å². The Morgan fingerprint density at radius 2 is 2.16 bits per heavy atom. The number of aromatic hydroxyl groups is 1. The second-order valence-corrected chi connectivity index (χ2v) is 4.53. The number of aliphatic carboxylic acids is 1. The Bertz CT molecular complexity index is 519. The number of phenols is 1. The normalized spacial score (nSPS) is 19.2. The third-order valence-corrected chi connectivity index (χ3v) is 3.10. The van der Waals surface area contributed by atoms with Crippen molar-refractivity contribution in [3.8, 4) is 5.75 Å². The number of phenolic OH excluding ortho intramolecular Hbond substituents is 1. The van der Waals surface area contributed by atoms with Crippen molar-refractivity contribution in [2.75, 3.05) is 19.8 Å². The zero-order valence-electron chi connectivity index (χ0n) is 9.88. The fraction of sp³-hybridized carbons (Fsp3) is 0.333. The van der Waals surface area contributed by atoms with E-state index in [9.17, 15) is 14.7 Å². The van der Waals surface area contributed by atoms with Gasteiger partial charge in [-0.15, -0.1) is 0 Å². The van der Waals surface area contributed by atoms with E-state index in [1.807, 2.05) is 0 Å². The monoisotopic (exact) mass is 285 g/mol. The predicted molar refractivity (Wildman–Crippen MR) is 66.4 cm³/mol. The van der Waals surface area contributed by atoms with Crippen LogP contribution in [-0.2, 0) is 9.53 Å². The molecule has 2 N–H and O–H groups in total. The van der Waals surface area contributed by atoms with Crippen molar-refractivity contribution in [1.29, 1.82) is 0 Å². The highest BCUT2D eigenvalue weighted by Gasteiger charge is 2.34. The molecule has 7 heteroatoms. The summed E-state index contributed by atoms with van der Waals surface area (Å²) in [4.78, 5) is 24.5. The summed E-state index contributed by atoms with van der Waals surface area (Å²) in [5.41, 5.74) is 0.0255. The van der Waals surface area contributed by atoms with Gasteiger partial charge in [0, 0.05) is 11.6 Å². The number of halogens is 1. The van der Waals surface area contributed by atoms with Crippen molar-refractivity contribution >= 4 is 23.5 Å². The maximum atomic E-state index is 12.3. The smallest absolute Gasteiger partial charge is 0.328 e. The lowest BCUT2D eigenvalue weighted by Crippen LogP contribution is -2.52.